The number of anilines is 3. The number of carbonyl (C=O) groups excluding carboxylic acids is 1. The molecule has 1 aromatic heterocycles. The van der Waals surface area contributed by atoms with Crippen LogP contribution >= 0.6 is 0 Å². The SMILES string of the molecule is Cc1ccc(Nc2ccc(C(=O)Nc3ccc4c(c3)OCCO4)nn2)cc1. The molecule has 1 aliphatic heterocycles. The molecular formula is C20H18N4O3. The van der Waals surface area contributed by atoms with Gasteiger partial charge in [-0.2, -0.15) is 0 Å². The molecule has 27 heavy (non-hydrogen) atoms. The summed E-state index contributed by atoms with van der Waals surface area (Å²) in [7, 11) is 0. The molecule has 1 amide bonds. The number of rotatable bonds is 4. The van der Waals surface area contributed by atoms with E-state index in [2.05, 4.69) is 20.8 Å². The second kappa shape index (κ2) is 7.33. The van der Waals surface area contributed by atoms with E-state index in [0.29, 0.717) is 36.2 Å². The summed E-state index contributed by atoms with van der Waals surface area (Å²) in [5.41, 5.74) is 2.91. The lowest BCUT2D eigenvalue weighted by molar-refractivity contribution is 0.102. The maximum atomic E-state index is 12.4. The zero-order valence-electron chi connectivity index (χ0n) is 14.7. The van der Waals surface area contributed by atoms with Crippen molar-refractivity contribution in [1.29, 1.82) is 0 Å². The zero-order chi connectivity index (χ0) is 18.6. The van der Waals surface area contributed by atoms with Crippen molar-refractivity contribution in [3.63, 3.8) is 0 Å². The largest absolute Gasteiger partial charge is 0.486 e. The van der Waals surface area contributed by atoms with Crippen LogP contribution in [-0.2, 0) is 0 Å². The molecule has 0 saturated heterocycles. The normalized spacial score (nSPS) is 12.3. The molecule has 0 radical (unpaired) electrons. The van der Waals surface area contributed by atoms with Gasteiger partial charge in [0.1, 0.15) is 13.2 Å². The second-order valence-electron chi connectivity index (χ2n) is 6.11. The second-order valence-corrected chi connectivity index (χ2v) is 6.11. The van der Waals surface area contributed by atoms with E-state index in [0.717, 1.165) is 5.69 Å². The van der Waals surface area contributed by atoms with E-state index in [1.807, 2.05) is 31.2 Å². The average molecular weight is 362 g/mol. The highest BCUT2D eigenvalue weighted by Crippen LogP contribution is 2.32. The summed E-state index contributed by atoms with van der Waals surface area (Å²) in [5, 5.41) is 14.0. The van der Waals surface area contributed by atoms with Crippen molar-refractivity contribution < 1.29 is 14.3 Å². The smallest absolute Gasteiger partial charge is 0.276 e. The third-order valence-electron chi connectivity index (χ3n) is 4.02. The van der Waals surface area contributed by atoms with E-state index in [-0.39, 0.29) is 11.6 Å². The topological polar surface area (TPSA) is 85.4 Å². The number of ether oxygens (including phenoxy) is 2. The van der Waals surface area contributed by atoms with Gasteiger partial charge in [0, 0.05) is 17.4 Å². The van der Waals surface area contributed by atoms with Crippen LogP contribution in [0.25, 0.3) is 0 Å². The first kappa shape index (κ1) is 16.8. The number of fused-ring (bicyclic) bond motifs is 1. The van der Waals surface area contributed by atoms with Gasteiger partial charge >= 0.3 is 0 Å². The number of nitrogens with one attached hydrogen (secondary N) is 2. The molecule has 3 aromatic rings. The average Bonchev–Trinajstić information content (AvgIpc) is 2.70. The van der Waals surface area contributed by atoms with Crippen molar-refractivity contribution in [2.75, 3.05) is 23.8 Å². The molecule has 0 saturated carbocycles. The fourth-order valence-corrected chi connectivity index (χ4v) is 2.62. The van der Waals surface area contributed by atoms with Crippen LogP contribution in [0.2, 0.25) is 0 Å². The first-order valence-electron chi connectivity index (χ1n) is 8.56. The highest BCUT2D eigenvalue weighted by Gasteiger charge is 2.14. The number of hydrogen-bond donors (Lipinski definition) is 2. The Balaban J connectivity index is 1.42. The summed E-state index contributed by atoms with van der Waals surface area (Å²) in [6, 6.07) is 16.5. The number of amides is 1. The highest BCUT2D eigenvalue weighted by atomic mass is 16.6. The number of nitrogens with zero attached hydrogens (tertiary/aromatic N) is 2. The molecule has 0 spiro atoms. The number of aromatic nitrogens is 2. The van der Waals surface area contributed by atoms with Gasteiger partial charge in [0.15, 0.2) is 23.0 Å². The molecule has 1 aliphatic rings. The van der Waals surface area contributed by atoms with Crippen LogP contribution in [0.4, 0.5) is 17.2 Å². The van der Waals surface area contributed by atoms with Crippen LogP contribution in [0.1, 0.15) is 16.1 Å². The molecule has 7 nitrogen and oxygen atoms in total. The molecule has 0 unspecified atom stereocenters. The monoisotopic (exact) mass is 362 g/mol. The van der Waals surface area contributed by atoms with Crippen LogP contribution < -0.4 is 20.1 Å². The van der Waals surface area contributed by atoms with Gasteiger partial charge in [-0.1, -0.05) is 17.7 Å². The van der Waals surface area contributed by atoms with E-state index < -0.39 is 0 Å². The zero-order valence-corrected chi connectivity index (χ0v) is 14.7. The fraction of sp³-hybridized carbons (Fsp3) is 0.150. The Morgan fingerprint density at radius 2 is 1.63 bits per heavy atom. The Kier molecular flexibility index (Phi) is 4.57. The third-order valence-corrected chi connectivity index (χ3v) is 4.02. The van der Waals surface area contributed by atoms with E-state index >= 15 is 0 Å². The van der Waals surface area contributed by atoms with Crippen molar-refractivity contribution in [1.82, 2.24) is 10.2 Å². The molecule has 0 aliphatic carbocycles. The van der Waals surface area contributed by atoms with Crippen molar-refractivity contribution in [3.8, 4) is 11.5 Å². The van der Waals surface area contributed by atoms with Crippen LogP contribution in [0.3, 0.4) is 0 Å². The van der Waals surface area contributed by atoms with Crippen LogP contribution in [0.5, 0.6) is 11.5 Å². The molecule has 0 atom stereocenters. The lowest BCUT2D eigenvalue weighted by Gasteiger charge is -2.18. The van der Waals surface area contributed by atoms with Crippen molar-refractivity contribution >= 4 is 23.1 Å². The summed E-state index contributed by atoms with van der Waals surface area (Å²) in [6.45, 7) is 3.04. The Morgan fingerprint density at radius 1 is 0.889 bits per heavy atom. The fourth-order valence-electron chi connectivity index (χ4n) is 2.62. The molecule has 4 rings (SSSR count). The molecule has 7 heteroatoms. The minimum Gasteiger partial charge on any atom is -0.486 e. The van der Waals surface area contributed by atoms with Gasteiger partial charge in [-0.15, -0.1) is 10.2 Å². The summed E-state index contributed by atoms with van der Waals surface area (Å²) in [6.07, 6.45) is 0. The van der Waals surface area contributed by atoms with E-state index in [1.54, 1.807) is 30.3 Å². The van der Waals surface area contributed by atoms with Gasteiger partial charge in [0.05, 0.1) is 0 Å². The molecule has 2 heterocycles. The summed E-state index contributed by atoms with van der Waals surface area (Å²) < 4.78 is 11.0. The molecule has 2 aromatic carbocycles. The van der Waals surface area contributed by atoms with Gasteiger partial charge in [-0.05, 0) is 43.3 Å². The van der Waals surface area contributed by atoms with Crippen LogP contribution in [0, 0.1) is 6.92 Å². The quantitative estimate of drug-likeness (QED) is 0.738. The number of benzene rings is 2. The van der Waals surface area contributed by atoms with Gasteiger partial charge in [-0.3, -0.25) is 4.79 Å². The van der Waals surface area contributed by atoms with E-state index in [4.69, 9.17) is 9.47 Å². The van der Waals surface area contributed by atoms with Gasteiger partial charge in [-0.25, -0.2) is 0 Å². The number of aryl methyl sites for hydroxylation is 1. The summed E-state index contributed by atoms with van der Waals surface area (Å²) >= 11 is 0. The Hall–Kier alpha value is -3.61. The van der Waals surface area contributed by atoms with Crippen LogP contribution in [-0.4, -0.2) is 29.3 Å². The summed E-state index contributed by atoms with van der Waals surface area (Å²) in [4.78, 5) is 12.4. The van der Waals surface area contributed by atoms with Crippen LogP contribution in [0.15, 0.2) is 54.6 Å². The van der Waals surface area contributed by atoms with Gasteiger partial charge in [0.25, 0.3) is 5.91 Å². The van der Waals surface area contributed by atoms with E-state index in [9.17, 15) is 4.79 Å². The predicted molar refractivity (Wildman–Crippen MR) is 102 cm³/mol. The van der Waals surface area contributed by atoms with Gasteiger partial charge < -0.3 is 20.1 Å². The molecular weight excluding hydrogens is 344 g/mol. The molecule has 0 fully saturated rings. The number of carbonyl (C=O) groups is 1. The first-order valence-corrected chi connectivity index (χ1v) is 8.56. The lowest BCUT2D eigenvalue weighted by Crippen LogP contribution is -2.17. The Morgan fingerprint density at radius 3 is 2.37 bits per heavy atom. The number of hydrogen-bond acceptors (Lipinski definition) is 6. The predicted octanol–water partition coefficient (Wildman–Crippen LogP) is 3.55. The Labute approximate surface area is 156 Å². The standard InChI is InChI=1S/C20H18N4O3/c1-13-2-4-14(5-3-13)21-19-9-7-16(23-24-19)20(25)22-15-6-8-17-18(12-15)27-11-10-26-17/h2-9,12H,10-11H2,1H3,(H,21,24)(H,22,25). The minimum atomic E-state index is -0.346. The maximum absolute atomic E-state index is 12.4. The van der Waals surface area contributed by atoms with Crippen molar-refractivity contribution in [2.45, 2.75) is 6.92 Å². The molecule has 0 bridgehead atoms. The highest BCUT2D eigenvalue weighted by molar-refractivity contribution is 6.03. The van der Waals surface area contributed by atoms with Crippen molar-refractivity contribution in [2.24, 2.45) is 0 Å². The Bertz CT molecular complexity index is 956. The lowest BCUT2D eigenvalue weighted by atomic mass is 10.2. The molecule has 136 valence electrons. The first-order chi connectivity index (χ1) is 13.2. The van der Waals surface area contributed by atoms with Gasteiger partial charge in [0.2, 0.25) is 0 Å². The summed E-state index contributed by atoms with van der Waals surface area (Å²) in [5.74, 6) is 1.50. The minimum absolute atomic E-state index is 0.222. The maximum Gasteiger partial charge on any atom is 0.276 e. The molecule has 2 N–H and O–H groups in total. The van der Waals surface area contributed by atoms with E-state index in [1.165, 1.54) is 5.56 Å². The van der Waals surface area contributed by atoms with Crippen molar-refractivity contribution in [3.05, 3.63) is 65.9 Å². The third kappa shape index (κ3) is 3.98.